The minimum absolute atomic E-state index is 0.519. The summed E-state index contributed by atoms with van der Waals surface area (Å²) in [6.07, 6.45) is 0. The van der Waals surface area contributed by atoms with Crippen LogP contribution in [0.1, 0.15) is 0 Å². The van der Waals surface area contributed by atoms with Gasteiger partial charge < -0.3 is 0 Å². The summed E-state index contributed by atoms with van der Waals surface area (Å²) in [5.74, 6) is 0.519. The zero-order valence-electron chi connectivity index (χ0n) is 8.18. The fourth-order valence-electron chi connectivity index (χ4n) is 1.78. The first-order chi connectivity index (χ1) is 7.68. The van der Waals surface area contributed by atoms with Gasteiger partial charge in [0.15, 0.2) is 0 Å². The number of para-hydroxylation sites is 1. The number of pyridine rings is 1. The van der Waals surface area contributed by atoms with Crippen LogP contribution < -0.4 is 9.12 Å². The second-order valence-electron chi connectivity index (χ2n) is 3.46. The van der Waals surface area contributed by atoms with Crippen LogP contribution in [0, 0.1) is 0 Å². The molecule has 4 nitrogen and oxygen atoms in total. The molecule has 0 atom stereocenters. The van der Waals surface area contributed by atoms with Crippen molar-refractivity contribution in [3.8, 4) is 0 Å². The predicted molar refractivity (Wildman–Crippen MR) is 74.3 cm³/mol. The molecular formula is C10H6IN4Tl. The number of fused-ring (bicyclic) bond motifs is 3. The quantitative estimate of drug-likeness (QED) is 0.363. The van der Waals surface area contributed by atoms with Crippen molar-refractivity contribution in [3.63, 3.8) is 0 Å². The van der Waals surface area contributed by atoms with Crippen LogP contribution in [0.4, 0.5) is 5.82 Å². The number of hydrogen-bond donors (Lipinski definition) is 1. The first kappa shape index (κ1) is 10.7. The normalized spacial score (nSPS) is 11.2. The van der Waals surface area contributed by atoms with Crippen LogP contribution in [0.25, 0.3) is 21.9 Å². The number of aromatic nitrogens is 3. The molecule has 0 spiro atoms. The van der Waals surface area contributed by atoms with E-state index in [9.17, 15) is 0 Å². The zero-order valence-corrected chi connectivity index (χ0v) is 14.8. The summed E-state index contributed by atoms with van der Waals surface area (Å²) in [5.41, 5.74) is 8.77. The molecule has 76 valence electrons. The molecule has 2 aromatic heterocycles. The molecule has 0 fully saturated rings. The third kappa shape index (κ3) is 1.44. The van der Waals surface area contributed by atoms with Gasteiger partial charge in [0.05, 0.1) is 0 Å². The average molecular weight is 513 g/mol. The molecule has 0 saturated carbocycles. The van der Waals surface area contributed by atoms with Gasteiger partial charge in [-0.15, -0.1) is 0 Å². The molecule has 16 heavy (non-hydrogen) atoms. The Hall–Kier alpha value is -0.448. The molecule has 2 heterocycles. The Bertz CT molecular complexity index is 707. The third-order valence-electron chi connectivity index (χ3n) is 2.49. The molecule has 0 radical (unpaired) electrons. The van der Waals surface area contributed by atoms with Gasteiger partial charge in [-0.25, -0.2) is 0 Å². The van der Waals surface area contributed by atoms with Crippen LogP contribution in [-0.2, 0) is 0 Å². The minimum atomic E-state index is 0.519. The summed E-state index contributed by atoms with van der Waals surface area (Å²) in [7, 11) is 0. The number of rotatable bonds is 0. The second kappa shape index (κ2) is 3.79. The Kier molecular flexibility index (Phi) is 2.53. The Morgan fingerprint density at radius 2 is 2.00 bits per heavy atom. The molecule has 2 N–H and O–H groups in total. The van der Waals surface area contributed by atoms with Crippen molar-refractivity contribution in [3.05, 3.63) is 24.3 Å². The first-order valence-electron chi connectivity index (χ1n) is 4.67. The van der Waals surface area contributed by atoms with E-state index in [0.29, 0.717) is 31.6 Å². The molecule has 0 aliphatic rings. The van der Waals surface area contributed by atoms with E-state index in [0.717, 1.165) is 25.3 Å². The van der Waals surface area contributed by atoms with E-state index < -0.39 is 0 Å². The van der Waals surface area contributed by atoms with Crippen molar-refractivity contribution < 1.29 is 0 Å². The fraction of sp³-hybridized carbons (Fsp3) is 0. The van der Waals surface area contributed by atoms with E-state index in [4.69, 9.17) is 5.73 Å². The maximum absolute atomic E-state index is 5.93. The summed E-state index contributed by atoms with van der Waals surface area (Å²) in [6, 6.07) is 8.02. The molecule has 0 aliphatic carbocycles. The van der Waals surface area contributed by atoms with Crippen molar-refractivity contribution in [1.82, 2.24) is 12.7 Å². The fourth-order valence-corrected chi connectivity index (χ4v) is 3.38. The number of nitrogen functional groups attached to an aromatic ring is 1. The van der Waals surface area contributed by atoms with Crippen LogP contribution in [0.2, 0.25) is 0 Å². The van der Waals surface area contributed by atoms with Gasteiger partial charge in [0.25, 0.3) is 0 Å². The average Bonchev–Trinajstić information content (AvgIpc) is 2.57. The van der Waals surface area contributed by atoms with Gasteiger partial charge in [0.2, 0.25) is 0 Å². The second-order valence-corrected chi connectivity index (χ2v) is 6.43. The van der Waals surface area contributed by atoms with E-state index in [2.05, 4.69) is 41.7 Å². The van der Waals surface area contributed by atoms with Gasteiger partial charge in [-0.05, 0) is 0 Å². The van der Waals surface area contributed by atoms with Crippen LogP contribution in [0.5, 0.6) is 0 Å². The SMILES string of the molecule is Nc1nc2ccccc2c2c1n[c]([Tl])n2I. The number of nitrogens with zero attached hydrogens (tertiary/aromatic N) is 3. The molecule has 0 aliphatic heterocycles. The predicted octanol–water partition coefficient (Wildman–Crippen LogP) is 1.16. The third-order valence-corrected chi connectivity index (χ3v) is 7.02. The van der Waals surface area contributed by atoms with Crippen LogP contribution in [0.15, 0.2) is 24.3 Å². The summed E-state index contributed by atoms with van der Waals surface area (Å²) in [4.78, 5) is 8.88. The number of hydrogen-bond acceptors (Lipinski definition) is 3. The van der Waals surface area contributed by atoms with Gasteiger partial charge in [0, 0.05) is 0 Å². The molecular weight excluding hydrogens is 507 g/mol. The first-order valence-corrected chi connectivity index (χ1v) is 7.87. The van der Waals surface area contributed by atoms with Crippen LogP contribution >= 0.6 is 22.9 Å². The van der Waals surface area contributed by atoms with Crippen LogP contribution in [-0.4, -0.2) is 38.5 Å². The summed E-state index contributed by atoms with van der Waals surface area (Å²) < 4.78 is 3.19. The van der Waals surface area contributed by atoms with E-state index >= 15 is 0 Å². The van der Waals surface area contributed by atoms with Crippen molar-refractivity contribution in [2.45, 2.75) is 0 Å². The molecule has 3 rings (SSSR count). The van der Waals surface area contributed by atoms with Crippen molar-refractivity contribution >= 4 is 79.8 Å². The Balaban J connectivity index is 2.67. The summed E-state index contributed by atoms with van der Waals surface area (Å²) >= 11 is 2.96. The van der Waals surface area contributed by atoms with Crippen molar-refractivity contribution in [2.24, 2.45) is 0 Å². The van der Waals surface area contributed by atoms with Crippen molar-refractivity contribution in [2.75, 3.05) is 5.73 Å². The standard InChI is InChI=1S/C10H6IN4.Tl/c11-15-5-13-8-9(15)6-3-1-2-4-7(6)14-10(8)12;/h1-4H,(H2,12,14);. The molecule has 6 heteroatoms. The van der Waals surface area contributed by atoms with Crippen LogP contribution in [0.3, 0.4) is 0 Å². The molecule has 0 bridgehead atoms. The number of imidazole rings is 1. The number of halogens is 1. The van der Waals surface area contributed by atoms with Gasteiger partial charge in [-0.3, -0.25) is 0 Å². The van der Waals surface area contributed by atoms with E-state index in [-0.39, 0.29) is 0 Å². The number of nitrogens with two attached hydrogens (primary N) is 1. The van der Waals surface area contributed by atoms with E-state index in [1.807, 2.05) is 18.2 Å². The summed E-state index contributed by atoms with van der Waals surface area (Å²) in [5, 5.41) is 1.11. The van der Waals surface area contributed by atoms with E-state index in [1.165, 1.54) is 0 Å². The van der Waals surface area contributed by atoms with Gasteiger partial charge in [-0.2, -0.15) is 0 Å². The maximum atomic E-state index is 5.93. The van der Waals surface area contributed by atoms with Gasteiger partial charge in [-0.1, -0.05) is 0 Å². The monoisotopic (exact) mass is 514 g/mol. The number of anilines is 1. The Labute approximate surface area is 121 Å². The summed E-state index contributed by atoms with van der Waals surface area (Å²) in [6.45, 7) is 0. The van der Waals surface area contributed by atoms with Gasteiger partial charge in [0.1, 0.15) is 0 Å². The van der Waals surface area contributed by atoms with Crippen molar-refractivity contribution in [1.29, 1.82) is 0 Å². The topological polar surface area (TPSA) is 56.7 Å². The molecule has 1 aromatic carbocycles. The number of benzene rings is 1. The molecule has 3 aromatic rings. The van der Waals surface area contributed by atoms with E-state index in [1.54, 1.807) is 0 Å². The van der Waals surface area contributed by atoms with Gasteiger partial charge >= 0.3 is 123 Å². The Morgan fingerprint density at radius 1 is 1.25 bits per heavy atom. The molecule has 0 saturated heterocycles. The molecule has 0 unspecified atom stereocenters. The zero-order chi connectivity index (χ0) is 11.3. The Morgan fingerprint density at radius 3 is 2.81 bits per heavy atom. The molecule has 0 amide bonds.